The third-order valence-electron chi connectivity index (χ3n) is 6.17. The monoisotopic (exact) mass is 378 g/mol. The van der Waals surface area contributed by atoms with Gasteiger partial charge in [0.1, 0.15) is 5.75 Å². The van der Waals surface area contributed by atoms with E-state index < -0.39 is 6.36 Å². The first kappa shape index (κ1) is 20.0. The van der Waals surface area contributed by atoms with Crippen molar-refractivity contribution in [3.63, 3.8) is 0 Å². The molecule has 1 saturated carbocycles. The van der Waals surface area contributed by atoms with Gasteiger partial charge in [0.05, 0.1) is 0 Å². The Hall–Kier alpha value is -1.71. The van der Waals surface area contributed by atoms with Crippen LogP contribution in [0.4, 0.5) is 13.2 Å². The average molecular weight is 378 g/mol. The second-order valence-corrected chi connectivity index (χ2v) is 7.92. The number of hydrogen-bond donors (Lipinski definition) is 0. The summed E-state index contributed by atoms with van der Waals surface area (Å²) in [5, 5.41) is 0. The topological polar surface area (TPSA) is 9.23 Å². The van der Waals surface area contributed by atoms with Gasteiger partial charge in [-0.1, -0.05) is 30.4 Å². The van der Waals surface area contributed by atoms with Crippen LogP contribution in [0.5, 0.6) is 5.75 Å². The highest BCUT2D eigenvalue weighted by molar-refractivity contribution is 5.66. The van der Waals surface area contributed by atoms with Crippen molar-refractivity contribution in [3.8, 4) is 5.75 Å². The van der Waals surface area contributed by atoms with Crippen molar-refractivity contribution >= 4 is 5.57 Å². The highest BCUT2D eigenvalue weighted by atomic mass is 19.4. The molecule has 0 saturated heterocycles. The molecule has 2 aliphatic carbocycles. The van der Waals surface area contributed by atoms with Crippen LogP contribution in [-0.2, 0) is 0 Å². The van der Waals surface area contributed by atoms with Crippen LogP contribution in [0.2, 0.25) is 0 Å². The van der Waals surface area contributed by atoms with E-state index >= 15 is 0 Å². The number of halogens is 3. The van der Waals surface area contributed by atoms with Crippen molar-refractivity contribution in [2.45, 2.75) is 64.7 Å². The lowest BCUT2D eigenvalue weighted by Crippen LogP contribution is -2.23. The van der Waals surface area contributed by atoms with Gasteiger partial charge in [0.15, 0.2) is 0 Å². The van der Waals surface area contributed by atoms with E-state index in [2.05, 4.69) is 29.9 Å². The molecule has 1 nitrogen and oxygen atoms in total. The molecule has 27 heavy (non-hydrogen) atoms. The molecule has 1 fully saturated rings. The molecule has 1 aromatic carbocycles. The van der Waals surface area contributed by atoms with Gasteiger partial charge in [-0.2, -0.15) is 0 Å². The van der Waals surface area contributed by atoms with Gasteiger partial charge in [0, 0.05) is 0 Å². The quantitative estimate of drug-likeness (QED) is 0.481. The summed E-state index contributed by atoms with van der Waals surface area (Å²) in [6.07, 6.45) is 12.0. The molecular weight excluding hydrogens is 349 g/mol. The van der Waals surface area contributed by atoms with Gasteiger partial charge in [0.25, 0.3) is 0 Å². The largest absolute Gasteiger partial charge is 0.573 e. The van der Waals surface area contributed by atoms with Gasteiger partial charge < -0.3 is 4.74 Å². The molecule has 148 valence electrons. The molecule has 0 radical (unpaired) electrons. The minimum atomic E-state index is -4.63. The van der Waals surface area contributed by atoms with Crippen LogP contribution < -0.4 is 4.74 Å². The van der Waals surface area contributed by atoms with E-state index in [4.69, 9.17) is 0 Å². The number of hydrogen-bond acceptors (Lipinski definition) is 1. The van der Waals surface area contributed by atoms with Crippen molar-refractivity contribution in [2.24, 2.45) is 17.8 Å². The molecule has 4 heteroatoms. The van der Waals surface area contributed by atoms with E-state index in [9.17, 15) is 13.2 Å². The van der Waals surface area contributed by atoms with E-state index in [0.717, 1.165) is 36.2 Å². The van der Waals surface area contributed by atoms with Gasteiger partial charge in [-0.15, -0.1) is 13.2 Å². The van der Waals surface area contributed by atoms with Crippen molar-refractivity contribution in [1.82, 2.24) is 0 Å². The van der Waals surface area contributed by atoms with Crippen molar-refractivity contribution in [2.75, 3.05) is 0 Å². The maximum atomic E-state index is 12.3. The van der Waals surface area contributed by atoms with Gasteiger partial charge in [-0.3, -0.25) is 0 Å². The molecule has 0 amide bonds. The van der Waals surface area contributed by atoms with Gasteiger partial charge in [-0.05, 0) is 99.3 Å². The lowest BCUT2D eigenvalue weighted by atomic mass is 9.70. The van der Waals surface area contributed by atoms with Crippen LogP contribution in [0, 0.1) is 17.8 Å². The Bertz CT molecular complexity index is 649. The van der Waals surface area contributed by atoms with Crippen molar-refractivity contribution < 1.29 is 17.9 Å². The highest BCUT2D eigenvalue weighted by Gasteiger charge is 2.31. The van der Waals surface area contributed by atoms with E-state index in [-0.39, 0.29) is 5.75 Å². The number of alkyl halides is 3. The maximum Gasteiger partial charge on any atom is 0.573 e. The molecular formula is C23H29F3O. The third kappa shape index (κ3) is 5.88. The summed E-state index contributed by atoms with van der Waals surface area (Å²) in [6, 6.07) is 6.28. The van der Waals surface area contributed by atoms with E-state index in [1.54, 1.807) is 12.1 Å². The van der Waals surface area contributed by atoms with Crippen LogP contribution >= 0.6 is 0 Å². The number of benzene rings is 1. The number of rotatable bonds is 5. The Morgan fingerprint density at radius 2 is 1.70 bits per heavy atom. The molecule has 0 aromatic heterocycles. The normalized spacial score (nSPS) is 26.8. The summed E-state index contributed by atoms with van der Waals surface area (Å²) in [5.74, 6) is 2.32. The average Bonchev–Trinajstić information content (AvgIpc) is 2.66. The SMILES string of the molecule is C/C=C/CC1CCC(C2CC=C(c3ccc(OC(F)(F)F)cc3)CC2)CC1. The van der Waals surface area contributed by atoms with E-state index in [1.165, 1.54) is 56.2 Å². The van der Waals surface area contributed by atoms with Gasteiger partial charge >= 0.3 is 6.36 Å². The van der Waals surface area contributed by atoms with Crippen LogP contribution in [0.3, 0.4) is 0 Å². The fourth-order valence-electron chi connectivity index (χ4n) is 4.64. The molecule has 0 bridgehead atoms. The summed E-state index contributed by atoms with van der Waals surface area (Å²) in [4.78, 5) is 0. The minimum Gasteiger partial charge on any atom is -0.406 e. The van der Waals surface area contributed by atoms with Crippen LogP contribution in [0.25, 0.3) is 5.57 Å². The van der Waals surface area contributed by atoms with Crippen molar-refractivity contribution in [3.05, 3.63) is 48.1 Å². The molecule has 0 heterocycles. The molecule has 2 aliphatic rings. The first-order chi connectivity index (χ1) is 12.9. The zero-order valence-corrected chi connectivity index (χ0v) is 16.0. The summed E-state index contributed by atoms with van der Waals surface area (Å²) >= 11 is 0. The van der Waals surface area contributed by atoms with Crippen LogP contribution in [0.15, 0.2) is 42.5 Å². The van der Waals surface area contributed by atoms with Crippen LogP contribution in [-0.4, -0.2) is 6.36 Å². The predicted molar refractivity (Wildman–Crippen MR) is 103 cm³/mol. The Kier molecular flexibility index (Phi) is 6.67. The zero-order chi connectivity index (χ0) is 19.3. The number of ether oxygens (including phenoxy) is 1. The van der Waals surface area contributed by atoms with E-state index in [1.807, 2.05) is 0 Å². The molecule has 1 unspecified atom stereocenters. The van der Waals surface area contributed by atoms with Gasteiger partial charge in [-0.25, -0.2) is 0 Å². The fraction of sp³-hybridized carbons (Fsp3) is 0.565. The molecule has 1 aromatic rings. The molecule has 3 rings (SSSR count). The lowest BCUT2D eigenvalue weighted by Gasteiger charge is -2.35. The fourth-order valence-corrected chi connectivity index (χ4v) is 4.64. The Balaban J connectivity index is 1.51. The molecule has 0 N–H and O–H groups in total. The first-order valence-corrected chi connectivity index (χ1v) is 10.1. The minimum absolute atomic E-state index is 0.157. The Morgan fingerprint density at radius 3 is 2.26 bits per heavy atom. The molecule has 1 atom stereocenters. The summed E-state index contributed by atoms with van der Waals surface area (Å²) < 4.78 is 40.7. The van der Waals surface area contributed by atoms with Gasteiger partial charge in [0.2, 0.25) is 0 Å². The van der Waals surface area contributed by atoms with Crippen LogP contribution in [0.1, 0.15) is 63.9 Å². The summed E-state index contributed by atoms with van der Waals surface area (Å²) in [6.45, 7) is 2.09. The lowest BCUT2D eigenvalue weighted by molar-refractivity contribution is -0.274. The number of allylic oxidation sites excluding steroid dienone is 4. The summed E-state index contributed by atoms with van der Waals surface area (Å²) in [7, 11) is 0. The standard InChI is InChI=1S/C23H29F3O/c1-2-3-4-17-5-7-18(8-6-17)19-9-11-20(12-10-19)21-13-15-22(16-14-21)27-23(24,25)26/h2-3,11,13-19H,4-10,12H2,1H3/b3-2+. The predicted octanol–water partition coefficient (Wildman–Crippen LogP) is 7.54. The second kappa shape index (κ2) is 8.99. The zero-order valence-electron chi connectivity index (χ0n) is 16.0. The highest BCUT2D eigenvalue weighted by Crippen LogP contribution is 2.42. The first-order valence-electron chi connectivity index (χ1n) is 10.1. The smallest absolute Gasteiger partial charge is 0.406 e. The summed E-state index contributed by atoms with van der Waals surface area (Å²) in [5.41, 5.74) is 2.27. The maximum absolute atomic E-state index is 12.3. The van der Waals surface area contributed by atoms with E-state index in [0.29, 0.717) is 0 Å². The Morgan fingerprint density at radius 1 is 1.00 bits per heavy atom. The Labute approximate surface area is 160 Å². The van der Waals surface area contributed by atoms with Crippen molar-refractivity contribution in [1.29, 1.82) is 0 Å². The molecule has 0 spiro atoms. The third-order valence-corrected chi connectivity index (χ3v) is 6.17. The second-order valence-electron chi connectivity index (χ2n) is 7.92. The molecule has 0 aliphatic heterocycles.